The number of rotatable bonds is 2. The van der Waals surface area contributed by atoms with Gasteiger partial charge in [0.15, 0.2) is 0 Å². The van der Waals surface area contributed by atoms with E-state index in [2.05, 4.69) is 29.0 Å². The van der Waals surface area contributed by atoms with Crippen molar-refractivity contribution in [2.45, 2.75) is 52.5 Å². The minimum absolute atomic E-state index is 0.0796. The van der Waals surface area contributed by atoms with Gasteiger partial charge in [-0.15, -0.1) is 5.10 Å². The van der Waals surface area contributed by atoms with Crippen molar-refractivity contribution >= 4 is 5.91 Å². The van der Waals surface area contributed by atoms with Crippen LogP contribution in [0.2, 0.25) is 0 Å². The molecule has 18 heavy (non-hydrogen) atoms. The lowest BCUT2D eigenvalue weighted by Crippen LogP contribution is -2.41. The van der Waals surface area contributed by atoms with Crippen LogP contribution < -0.4 is 0 Å². The van der Waals surface area contributed by atoms with Crippen molar-refractivity contribution in [1.82, 2.24) is 20.1 Å². The Balaban J connectivity index is 2.00. The van der Waals surface area contributed by atoms with Gasteiger partial charge in [0.05, 0.1) is 0 Å². The van der Waals surface area contributed by atoms with Gasteiger partial charge in [-0.05, 0) is 38.0 Å². The lowest BCUT2D eigenvalue weighted by atomic mass is 9.75. The predicted octanol–water partition coefficient (Wildman–Crippen LogP) is 2.15. The van der Waals surface area contributed by atoms with E-state index in [1.165, 1.54) is 12.8 Å². The van der Waals surface area contributed by atoms with E-state index in [4.69, 9.17) is 0 Å². The summed E-state index contributed by atoms with van der Waals surface area (Å²) >= 11 is 0. The molecule has 0 radical (unpaired) electrons. The van der Waals surface area contributed by atoms with Gasteiger partial charge in [-0.2, -0.15) is 0 Å². The van der Waals surface area contributed by atoms with E-state index in [1.54, 1.807) is 11.8 Å². The molecule has 5 nitrogen and oxygen atoms in total. The second-order valence-electron chi connectivity index (χ2n) is 6.06. The topological polar surface area (TPSA) is 61.9 Å². The van der Waals surface area contributed by atoms with E-state index in [9.17, 15) is 4.79 Å². The third-order valence-electron chi connectivity index (χ3n) is 3.97. The van der Waals surface area contributed by atoms with Crippen molar-refractivity contribution in [3.05, 3.63) is 11.6 Å². The quantitative estimate of drug-likeness (QED) is 0.874. The molecule has 1 aromatic heterocycles. The molecule has 1 amide bonds. The molecule has 1 heterocycles. The Morgan fingerprint density at radius 3 is 2.50 bits per heavy atom. The minimum Gasteiger partial charge on any atom is -0.336 e. The lowest BCUT2D eigenvalue weighted by Gasteiger charge is -2.38. The molecule has 0 atom stereocenters. The Labute approximate surface area is 108 Å². The summed E-state index contributed by atoms with van der Waals surface area (Å²) in [6.07, 6.45) is 4.47. The Morgan fingerprint density at radius 2 is 2.00 bits per heavy atom. The van der Waals surface area contributed by atoms with Crippen molar-refractivity contribution in [2.24, 2.45) is 5.41 Å². The summed E-state index contributed by atoms with van der Waals surface area (Å²) in [5.74, 6) is 0.875. The summed E-state index contributed by atoms with van der Waals surface area (Å²) in [4.78, 5) is 18.1. The summed E-state index contributed by atoms with van der Waals surface area (Å²) in [5, 5.41) is 6.64. The van der Waals surface area contributed by atoms with Gasteiger partial charge in [0.2, 0.25) is 5.82 Å². The van der Waals surface area contributed by atoms with E-state index in [1.807, 2.05) is 7.05 Å². The van der Waals surface area contributed by atoms with E-state index < -0.39 is 0 Å². The van der Waals surface area contributed by atoms with Crippen LogP contribution in [0.5, 0.6) is 0 Å². The molecular weight excluding hydrogens is 228 g/mol. The Bertz CT molecular complexity index is 428. The predicted molar refractivity (Wildman–Crippen MR) is 69.3 cm³/mol. The van der Waals surface area contributed by atoms with Crippen molar-refractivity contribution in [3.8, 4) is 0 Å². The van der Waals surface area contributed by atoms with Gasteiger partial charge < -0.3 is 4.90 Å². The average molecular weight is 250 g/mol. The Morgan fingerprint density at radius 1 is 1.39 bits per heavy atom. The number of hydrogen-bond donors (Lipinski definition) is 1. The van der Waals surface area contributed by atoms with Crippen LogP contribution in [0.1, 0.15) is 56.0 Å². The molecule has 5 heteroatoms. The van der Waals surface area contributed by atoms with Gasteiger partial charge in [-0.3, -0.25) is 9.89 Å². The molecule has 0 bridgehead atoms. The highest BCUT2D eigenvalue weighted by molar-refractivity contribution is 5.90. The molecule has 0 aromatic carbocycles. The molecule has 1 N–H and O–H groups in total. The number of amides is 1. The number of aromatic nitrogens is 3. The molecule has 0 aliphatic heterocycles. The van der Waals surface area contributed by atoms with Gasteiger partial charge in [-0.1, -0.05) is 13.8 Å². The third kappa shape index (κ3) is 2.71. The molecule has 0 saturated heterocycles. The monoisotopic (exact) mass is 250 g/mol. The summed E-state index contributed by atoms with van der Waals surface area (Å²) in [5.41, 5.74) is 0.418. The first-order chi connectivity index (χ1) is 8.39. The van der Waals surface area contributed by atoms with E-state index in [0.717, 1.165) is 12.8 Å². The fourth-order valence-corrected chi connectivity index (χ4v) is 2.53. The van der Waals surface area contributed by atoms with Gasteiger partial charge in [0.25, 0.3) is 5.91 Å². The van der Waals surface area contributed by atoms with Crippen LogP contribution in [-0.2, 0) is 0 Å². The van der Waals surface area contributed by atoms with Gasteiger partial charge in [0, 0.05) is 13.1 Å². The molecule has 0 spiro atoms. The molecule has 100 valence electrons. The average Bonchev–Trinajstić information content (AvgIpc) is 2.74. The lowest BCUT2D eigenvalue weighted by molar-refractivity contribution is 0.0624. The summed E-state index contributed by atoms with van der Waals surface area (Å²) < 4.78 is 0. The van der Waals surface area contributed by atoms with Crippen LogP contribution in [0.3, 0.4) is 0 Å². The second-order valence-corrected chi connectivity index (χ2v) is 6.06. The highest BCUT2D eigenvalue weighted by Gasteiger charge is 2.31. The van der Waals surface area contributed by atoms with Crippen LogP contribution in [0.25, 0.3) is 0 Å². The number of carbonyl (C=O) groups is 1. The highest BCUT2D eigenvalue weighted by Crippen LogP contribution is 2.36. The van der Waals surface area contributed by atoms with Crippen LogP contribution in [0.15, 0.2) is 0 Å². The molecule has 1 aliphatic carbocycles. The standard InChI is InChI=1S/C13H22N4O/c1-9-14-11(16-15-9)12(18)17(4)10-5-7-13(2,3)8-6-10/h10H,5-8H2,1-4H3,(H,14,15,16). The minimum atomic E-state index is -0.0796. The maximum Gasteiger partial charge on any atom is 0.293 e. The first kappa shape index (κ1) is 13.1. The first-order valence-corrected chi connectivity index (χ1v) is 6.55. The van der Waals surface area contributed by atoms with Gasteiger partial charge >= 0.3 is 0 Å². The SMILES string of the molecule is Cc1nc(C(=O)N(C)C2CCC(C)(C)CC2)n[nH]1. The van der Waals surface area contributed by atoms with E-state index in [0.29, 0.717) is 17.3 Å². The number of aromatic amines is 1. The molecule has 1 saturated carbocycles. The van der Waals surface area contributed by atoms with Crippen molar-refractivity contribution in [3.63, 3.8) is 0 Å². The van der Waals surface area contributed by atoms with E-state index >= 15 is 0 Å². The smallest absolute Gasteiger partial charge is 0.293 e. The summed E-state index contributed by atoms with van der Waals surface area (Å²) in [6.45, 7) is 6.39. The first-order valence-electron chi connectivity index (χ1n) is 6.55. The van der Waals surface area contributed by atoms with Crippen LogP contribution in [0.4, 0.5) is 0 Å². The number of H-pyrrole nitrogens is 1. The number of nitrogens with one attached hydrogen (secondary N) is 1. The molecule has 1 aliphatic rings. The van der Waals surface area contributed by atoms with Crippen LogP contribution in [0, 0.1) is 12.3 Å². The Kier molecular flexibility index (Phi) is 3.41. The number of hydrogen-bond acceptors (Lipinski definition) is 3. The van der Waals surface area contributed by atoms with Crippen molar-refractivity contribution in [2.75, 3.05) is 7.05 Å². The molecule has 1 fully saturated rings. The van der Waals surface area contributed by atoms with Crippen molar-refractivity contribution in [1.29, 1.82) is 0 Å². The van der Waals surface area contributed by atoms with Crippen LogP contribution in [-0.4, -0.2) is 39.1 Å². The maximum absolute atomic E-state index is 12.2. The summed E-state index contributed by atoms with van der Waals surface area (Å²) in [7, 11) is 1.86. The highest BCUT2D eigenvalue weighted by atomic mass is 16.2. The zero-order valence-corrected chi connectivity index (χ0v) is 11.7. The van der Waals surface area contributed by atoms with Crippen LogP contribution >= 0.6 is 0 Å². The number of aryl methyl sites for hydroxylation is 1. The van der Waals surface area contributed by atoms with E-state index in [-0.39, 0.29) is 11.7 Å². The van der Waals surface area contributed by atoms with Gasteiger partial charge in [-0.25, -0.2) is 4.98 Å². The maximum atomic E-state index is 12.2. The molecule has 0 unspecified atom stereocenters. The number of carbonyl (C=O) groups excluding carboxylic acids is 1. The largest absolute Gasteiger partial charge is 0.336 e. The Hall–Kier alpha value is -1.39. The fourth-order valence-electron chi connectivity index (χ4n) is 2.53. The third-order valence-corrected chi connectivity index (χ3v) is 3.97. The summed E-state index contributed by atoms with van der Waals surface area (Å²) in [6, 6.07) is 0.323. The zero-order chi connectivity index (χ0) is 13.3. The molecule has 2 rings (SSSR count). The van der Waals surface area contributed by atoms with Crippen molar-refractivity contribution < 1.29 is 4.79 Å². The van der Waals surface area contributed by atoms with Gasteiger partial charge in [0.1, 0.15) is 5.82 Å². The molecular formula is C13H22N4O. The fraction of sp³-hybridized carbons (Fsp3) is 0.769. The normalized spacial score (nSPS) is 19.8. The number of nitrogens with zero attached hydrogens (tertiary/aromatic N) is 3. The molecule has 1 aromatic rings. The zero-order valence-electron chi connectivity index (χ0n) is 11.7. The second kappa shape index (κ2) is 4.71.